The molecule has 0 radical (unpaired) electrons. The van der Waals surface area contributed by atoms with Crippen LogP contribution in [-0.2, 0) is 0 Å². The van der Waals surface area contributed by atoms with E-state index in [1.165, 1.54) is 38.5 Å². The minimum absolute atomic E-state index is 0.741. The van der Waals surface area contributed by atoms with Crippen LogP contribution >= 0.6 is 0 Å². The zero-order valence-corrected chi connectivity index (χ0v) is 8.82. The van der Waals surface area contributed by atoms with Crippen LogP contribution in [0.2, 0.25) is 0 Å². The van der Waals surface area contributed by atoms with Crippen LogP contribution in [0.3, 0.4) is 0 Å². The molecule has 2 rings (SSSR count). The topological polar surface area (TPSA) is 0 Å². The summed E-state index contributed by atoms with van der Waals surface area (Å²) >= 11 is 0. The molecular weight excluding hydrogens is 144 g/mol. The number of hydrogen-bond acceptors (Lipinski definition) is 0. The maximum absolute atomic E-state index is 2.53. The molecule has 0 N–H and O–H groups in total. The van der Waals surface area contributed by atoms with Crippen molar-refractivity contribution in [2.45, 2.75) is 59.3 Å². The minimum Gasteiger partial charge on any atom is -0.0654 e. The lowest BCUT2D eigenvalue weighted by molar-refractivity contribution is 0.183. The van der Waals surface area contributed by atoms with Crippen molar-refractivity contribution in [1.29, 1.82) is 0 Å². The standard InChI is InChI=1S/C12H22/c1-4-5-10-8-11(2)6-7-12(10,3)9-11/h10H,4-9H2,1-3H3/t10?,11-,12-/m1/s1. The number of hydrogen-bond donors (Lipinski definition) is 0. The van der Waals surface area contributed by atoms with Crippen LogP contribution in [0.1, 0.15) is 59.3 Å². The summed E-state index contributed by atoms with van der Waals surface area (Å²) in [6, 6.07) is 0. The largest absolute Gasteiger partial charge is 0.0654 e. The molecule has 3 atom stereocenters. The van der Waals surface area contributed by atoms with Gasteiger partial charge >= 0.3 is 0 Å². The summed E-state index contributed by atoms with van der Waals surface area (Å²) in [7, 11) is 0. The fourth-order valence-electron chi connectivity index (χ4n) is 3.90. The van der Waals surface area contributed by atoms with E-state index in [4.69, 9.17) is 0 Å². The lowest BCUT2D eigenvalue weighted by atomic mass is 9.73. The molecule has 2 saturated carbocycles. The normalized spacial score (nSPS) is 51.8. The predicted molar refractivity (Wildman–Crippen MR) is 53.1 cm³/mol. The Hall–Kier alpha value is 0. The van der Waals surface area contributed by atoms with Gasteiger partial charge in [-0.2, -0.15) is 0 Å². The van der Waals surface area contributed by atoms with Crippen LogP contribution in [0.5, 0.6) is 0 Å². The number of rotatable bonds is 2. The molecule has 0 aliphatic heterocycles. The van der Waals surface area contributed by atoms with E-state index in [0.717, 1.165) is 16.7 Å². The van der Waals surface area contributed by atoms with Gasteiger partial charge in [-0.1, -0.05) is 33.6 Å². The van der Waals surface area contributed by atoms with E-state index in [9.17, 15) is 0 Å². The molecule has 2 bridgehead atoms. The van der Waals surface area contributed by atoms with Crippen molar-refractivity contribution >= 4 is 0 Å². The van der Waals surface area contributed by atoms with Crippen molar-refractivity contribution in [3.8, 4) is 0 Å². The highest BCUT2D eigenvalue weighted by Crippen LogP contribution is 2.64. The number of fused-ring (bicyclic) bond motifs is 2. The first kappa shape index (κ1) is 8.59. The smallest absolute Gasteiger partial charge is 0.0292 e. The minimum atomic E-state index is 0.741. The third kappa shape index (κ3) is 1.11. The lowest BCUT2D eigenvalue weighted by Gasteiger charge is -2.32. The van der Waals surface area contributed by atoms with Gasteiger partial charge in [0.05, 0.1) is 0 Å². The average Bonchev–Trinajstić information content (AvgIpc) is 2.39. The molecule has 1 unspecified atom stereocenters. The van der Waals surface area contributed by atoms with E-state index in [0.29, 0.717) is 0 Å². The SMILES string of the molecule is CCCC1C[C@@]2(C)CC[C@]1(C)C2. The van der Waals surface area contributed by atoms with Gasteiger partial charge in [0.2, 0.25) is 0 Å². The van der Waals surface area contributed by atoms with Crippen LogP contribution in [0.4, 0.5) is 0 Å². The van der Waals surface area contributed by atoms with Gasteiger partial charge in [0.15, 0.2) is 0 Å². The van der Waals surface area contributed by atoms with Crippen LogP contribution in [0.15, 0.2) is 0 Å². The summed E-state index contributed by atoms with van der Waals surface area (Å²) in [6.45, 7) is 7.37. The molecule has 0 aromatic carbocycles. The van der Waals surface area contributed by atoms with E-state index in [-0.39, 0.29) is 0 Å². The summed E-state index contributed by atoms with van der Waals surface area (Å²) < 4.78 is 0. The Morgan fingerprint density at radius 3 is 2.42 bits per heavy atom. The van der Waals surface area contributed by atoms with Gasteiger partial charge in [-0.15, -0.1) is 0 Å². The molecule has 0 amide bonds. The van der Waals surface area contributed by atoms with Crippen molar-refractivity contribution in [2.24, 2.45) is 16.7 Å². The van der Waals surface area contributed by atoms with Gasteiger partial charge in [0.25, 0.3) is 0 Å². The molecule has 0 saturated heterocycles. The second-order valence-corrected chi connectivity index (χ2v) is 5.83. The van der Waals surface area contributed by atoms with Crippen molar-refractivity contribution in [3.63, 3.8) is 0 Å². The molecule has 0 aromatic heterocycles. The molecule has 0 heterocycles. The van der Waals surface area contributed by atoms with E-state index >= 15 is 0 Å². The van der Waals surface area contributed by atoms with Gasteiger partial charge in [0.1, 0.15) is 0 Å². The molecule has 70 valence electrons. The highest BCUT2D eigenvalue weighted by atomic mass is 14.6. The van der Waals surface area contributed by atoms with Crippen molar-refractivity contribution in [1.82, 2.24) is 0 Å². The van der Waals surface area contributed by atoms with Gasteiger partial charge in [-0.05, 0) is 42.4 Å². The van der Waals surface area contributed by atoms with Crippen molar-refractivity contribution in [3.05, 3.63) is 0 Å². The highest BCUT2D eigenvalue weighted by Gasteiger charge is 2.54. The maximum atomic E-state index is 2.53. The Morgan fingerprint density at radius 2 is 2.00 bits per heavy atom. The molecule has 2 fully saturated rings. The molecule has 2 aliphatic carbocycles. The van der Waals surface area contributed by atoms with Crippen LogP contribution in [-0.4, -0.2) is 0 Å². The van der Waals surface area contributed by atoms with Crippen molar-refractivity contribution < 1.29 is 0 Å². The Kier molecular flexibility index (Phi) is 1.79. The Balaban J connectivity index is 2.11. The fraction of sp³-hybridized carbons (Fsp3) is 1.00. The summed E-state index contributed by atoms with van der Waals surface area (Å²) in [5, 5.41) is 0. The zero-order valence-electron chi connectivity index (χ0n) is 8.82. The summed E-state index contributed by atoms with van der Waals surface area (Å²) in [4.78, 5) is 0. The molecule has 0 nitrogen and oxygen atoms in total. The quantitative estimate of drug-likeness (QED) is 0.581. The molecule has 0 aromatic rings. The van der Waals surface area contributed by atoms with Gasteiger partial charge in [-0.25, -0.2) is 0 Å². The molecular formula is C12H22. The van der Waals surface area contributed by atoms with E-state index < -0.39 is 0 Å². The summed E-state index contributed by atoms with van der Waals surface area (Å²) in [5.74, 6) is 1.06. The third-order valence-electron chi connectivity index (χ3n) is 4.49. The predicted octanol–water partition coefficient (Wildman–Crippen LogP) is 4.00. The Labute approximate surface area is 76.7 Å². The zero-order chi connectivity index (χ0) is 8.82. The second kappa shape index (κ2) is 2.49. The monoisotopic (exact) mass is 166 g/mol. The van der Waals surface area contributed by atoms with E-state index in [2.05, 4.69) is 20.8 Å². The molecule has 12 heavy (non-hydrogen) atoms. The van der Waals surface area contributed by atoms with E-state index in [1.807, 2.05) is 0 Å². The highest BCUT2D eigenvalue weighted by molar-refractivity contribution is 5.04. The summed E-state index contributed by atoms with van der Waals surface area (Å²) in [5.41, 5.74) is 1.49. The summed E-state index contributed by atoms with van der Waals surface area (Å²) in [6.07, 6.45) is 8.92. The molecule has 0 spiro atoms. The first-order chi connectivity index (χ1) is 5.58. The first-order valence-electron chi connectivity index (χ1n) is 5.58. The molecule has 2 aliphatic rings. The lowest BCUT2D eigenvalue weighted by Crippen LogP contribution is -2.22. The molecule has 0 heteroatoms. The van der Waals surface area contributed by atoms with Crippen LogP contribution in [0.25, 0.3) is 0 Å². The fourth-order valence-corrected chi connectivity index (χ4v) is 3.90. The van der Waals surface area contributed by atoms with Gasteiger partial charge in [-0.3, -0.25) is 0 Å². The van der Waals surface area contributed by atoms with Crippen LogP contribution in [0, 0.1) is 16.7 Å². The van der Waals surface area contributed by atoms with Gasteiger partial charge in [0, 0.05) is 0 Å². The maximum Gasteiger partial charge on any atom is -0.0292 e. The average molecular weight is 166 g/mol. The first-order valence-corrected chi connectivity index (χ1v) is 5.58. The second-order valence-electron chi connectivity index (χ2n) is 5.83. The Morgan fingerprint density at radius 1 is 1.25 bits per heavy atom. The van der Waals surface area contributed by atoms with Crippen molar-refractivity contribution in [2.75, 3.05) is 0 Å². The van der Waals surface area contributed by atoms with Gasteiger partial charge < -0.3 is 0 Å². The third-order valence-corrected chi connectivity index (χ3v) is 4.49. The van der Waals surface area contributed by atoms with E-state index in [1.54, 1.807) is 0 Å². The Bertz CT molecular complexity index is 184. The van der Waals surface area contributed by atoms with Crippen LogP contribution < -0.4 is 0 Å².